The lowest BCUT2D eigenvalue weighted by Gasteiger charge is -2.22. The van der Waals surface area contributed by atoms with Gasteiger partial charge in [-0.3, -0.25) is 0 Å². The minimum absolute atomic E-state index is 0.407. The molecular weight excluding hydrogens is 550 g/mol. The van der Waals surface area contributed by atoms with Crippen LogP contribution in [-0.2, 0) is 5.54 Å². The van der Waals surface area contributed by atoms with Gasteiger partial charge in [0.1, 0.15) is 5.69 Å². The van der Waals surface area contributed by atoms with Gasteiger partial charge >= 0.3 is 11.4 Å². The Morgan fingerprint density at radius 3 is 2.29 bits per heavy atom. The predicted octanol–water partition coefficient (Wildman–Crippen LogP) is 8.83. The van der Waals surface area contributed by atoms with Gasteiger partial charge in [0.05, 0.1) is 16.7 Å². The lowest BCUT2D eigenvalue weighted by molar-refractivity contribution is -0.733. The SMILES string of the molecule is CC(C)c1cc(C(C)C)cc(-n2c3[n+]4c5c(cccc52)Oc2c-4c(cc4ccccc24)C32c3ccccc3-c3cccc[n+]32)c1. The van der Waals surface area contributed by atoms with Crippen LogP contribution < -0.4 is 13.9 Å². The molecule has 5 aromatic carbocycles. The molecule has 1 unspecified atom stereocenters. The summed E-state index contributed by atoms with van der Waals surface area (Å²) in [5, 5.41) is 2.32. The molecule has 10 rings (SSSR count). The number of fused-ring (bicyclic) bond motifs is 9. The van der Waals surface area contributed by atoms with Gasteiger partial charge in [-0.15, -0.1) is 0 Å². The van der Waals surface area contributed by atoms with Crippen LogP contribution >= 0.6 is 0 Å². The Hall–Kier alpha value is -5.22. The van der Waals surface area contributed by atoms with Crippen molar-refractivity contribution >= 4 is 21.8 Å². The first-order valence-corrected chi connectivity index (χ1v) is 16.1. The molecule has 0 radical (unpaired) electrons. The maximum Gasteiger partial charge on any atom is 0.352 e. The number of benzene rings is 5. The molecule has 3 aliphatic rings. The third-order valence-corrected chi connectivity index (χ3v) is 10.4. The number of pyridine rings is 1. The monoisotopic (exact) mass is 583 g/mol. The summed E-state index contributed by atoms with van der Waals surface area (Å²) in [7, 11) is 0. The molecule has 0 fully saturated rings. The van der Waals surface area contributed by atoms with Gasteiger partial charge in [0.15, 0.2) is 28.9 Å². The van der Waals surface area contributed by atoms with Crippen molar-refractivity contribution in [2.24, 2.45) is 0 Å². The van der Waals surface area contributed by atoms with Crippen molar-refractivity contribution in [1.29, 1.82) is 0 Å². The van der Waals surface area contributed by atoms with E-state index in [2.05, 4.69) is 157 Å². The lowest BCUT2D eigenvalue weighted by Crippen LogP contribution is -2.57. The largest absolute Gasteiger partial charge is 0.448 e. The van der Waals surface area contributed by atoms with E-state index < -0.39 is 5.54 Å². The number of para-hydroxylation sites is 1. The molecule has 0 saturated carbocycles. The van der Waals surface area contributed by atoms with Crippen LogP contribution in [0.2, 0.25) is 0 Å². The fourth-order valence-corrected chi connectivity index (χ4v) is 8.32. The minimum atomic E-state index is -0.614. The fourth-order valence-electron chi connectivity index (χ4n) is 8.32. The third kappa shape index (κ3) is 2.93. The standard InChI is InChI=1S/C41H33N3O/c1-24(2)27-20-28(25(3)4)22-29(21-27)43-35-17-11-18-36-38(35)44-37-33(23-26-12-5-6-13-30(26)39(37)45-36)41(40(43)44)32-15-8-7-14-31(32)34-16-9-10-19-42(34)41/h5-25H,1-4H3/q+2. The minimum Gasteiger partial charge on any atom is -0.448 e. The molecule has 0 amide bonds. The number of nitrogens with zero attached hydrogens (tertiary/aromatic N) is 3. The number of aromatic nitrogens is 3. The first-order chi connectivity index (χ1) is 22.0. The van der Waals surface area contributed by atoms with Crippen molar-refractivity contribution in [3.8, 4) is 34.1 Å². The Morgan fingerprint density at radius 2 is 1.47 bits per heavy atom. The quantitative estimate of drug-likeness (QED) is 0.191. The fraction of sp³-hybridized carbons (Fsp3) is 0.171. The number of hydrogen-bond acceptors (Lipinski definition) is 1. The van der Waals surface area contributed by atoms with E-state index in [4.69, 9.17) is 4.74 Å². The first-order valence-electron chi connectivity index (χ1n) is 16.1. The summed E-state index contributed by atoms with van der Waals surface area (Å²) in [6.07, 6.45) is 2.27. The van der Waals surface area contributed by atoms with Gasteiger partial charge in [0.25, 0.3) is 0 Å². The zero-order valence-corrected chi connectivity index (χ0v) is 25.9. The lowest BCUT2D eigenvalue weighted by atomic mass is 9.82. The second-order valence-corrected chi connectivity index (χ2v) is 13.4. The summed E-state index contributed by atoms with van der Waals surface area (Å²) in [6.45, 7) is 9.19. The van der Waals surface area contributed by atoms with E-state index in [-0.39, 0.29) is 0 Å². The Morgan fingerprint density at radius 1 is 0.711 bits per heavy atom. The van der Waals surface area contributed by atoms with Crippen molar-refractivity contribution < 1.29 is 13.9 Å². The molecule has 4 heteroatoms. The average Bonchev–Trinajstić information content (AvgIpc) is 3.67. The summed E-state index contributed by atoms with van der Waals surface area (Å²) in [5.41, 5.74) is 11.8. The molecule has 4 nitrogen and oxygen atoms in total. The number of imidazole rings is 1. The Bertz CT molecular complexity index is 2360. The van der Waals surface area contributed by atoms with Gasteiger partial charge < -0.3 is 4.74 Å². The number of hydrogen-bond donors (Lipinski definition) is 0. The van der Waals surface area contributed by atoms with Crippen LogP contribution in [0.3, 0.4) is 0 Å². The molecule has 0 N–H and O–H groups in total. The second kappa shape index (κ2) is 8.48. The summed E-state index contributed by atoms with van der Waals surface area (Å²) < 4.78 is 14.6. The van der Waals surface area contributed by atoms with Crippen LogP contribution in [0.5, 0.6) is 11.5 Å². The first kappa shape index (κ1) is 25.1. The van der Waals surface area contributed by atoms with Gasteiger partial charge in [0, 0.05) is 17.5 Å². The second-order valence-electron chi connectivity index (χ2n) is 13.4. The highest BCUT2D eigenvalue weighted by Gasteiger charge is 2.69. The highest BCUT2D eigenvalue weighted by molar-refractivity contribution is 5.97. The molecule has 0 aliphatic carbocycles. The molecule has 1 atom stereocenters. The zero-order chi connectivity index (χ0) is 30.2. The summed E-state index contributed by atoms with van der Waals surface area (Å²) in [5.74, 6) is 3.87. The summed E-state index contributed by atoms with van der Waals surface area (Å²) in [4.78, 5) is 0. The molecule has 0 bridgehead atoms. The van der Waals surface area contributed by atoms with E-state index >= 15 is 0 Å². The average molecular weight is 584 g/mol. The Kier molecular flexibility index (Phi) is 4.74. The molecule has 3 aliphatic heterocycles. The van der Waals surface area contributed by atoms with Crippen molar-refractivity contribution in [1.82, 2.24) is 4.57 Å². The van der Waals surface area contributed by atoms with Crippen LogP contribution in [0.15, 0.2) is 115 Å². The van der Waals surface area contributed by atoms with Crippen molar-refractivity contribution in [3.05, 3.63) is 143 Å². The molecule has 0 saturated heterocycles. The van der Waals surface area contributed by atoms with Gasteiger partial charge in [-0.2, -0.15) is 13.7 Å². The van der Waals surface area contributed by atoms with Crippen LogP contribution in [0.25, 0.3) is 44.4 Å². The molecule has 2 aromatic heterocycles. The zero-order valence-electron chi connectivity index (χ0n) is 25.9. The Labute approximate surface area is 262 Å². The van der Waals surface area contributed by atoms with Gasteiger partial charge in [-0.1, -0.05) is 82.3 Å². The number of rotatable bonds is 3. The normalized spacial score (nSPS) is 16.7. The van der Waals surface area contributed by atoms with Crippen molar-refractivity contribution in [2.75, 3.05) is 0 Å². The number of ether oxygens (including phenoxy) is 1. The van der Waals surface area contributed by atoms with E-state index in [1.54, 1.807) is 0 Å². The molecule has 1 spiro atoms. The smallest absolute Gasteiger partial charge is 0.352 e. The van der Waals surface area contributed by atoms with E-state index in [0.717, 1.165) is 33.6 Å². The molecule has 45 heavy (non-hydrogen) atoms. The van der Waals surface area contributed by atoms with Gasteiger partial charge in [-0.05, 0) is 70.8 Å². The van der Waals surface area contributed by atoms with E-state index in [0.29, 0.717) is 11.8 Å². The van der Waals surface area contributed by atoms with E-state index in [1.807, 2.05) is 0 Å². The maximum absolute atomic E-state index is 6.99. The van der Waals surface area contributed by atoms with Crippen molar-refractivity contribution in [3.63, 3.8) is 0 Å². The van der Waals surface area contributed by atoms with Crippen LogP contribution in [0.4, 0.5) is 0 Å². The molecular formula is C41H33N3O+2. The highest BCUT2D eigenvalue weighted by atomic mass is 16.5. The summed E-state index contributed by atoms with van der Waals surface area (Å²) >= 11 is 0. The third-order valence-electron chi connectivity index (χ3n) is 10.4. The molecule has 7 aromatic rings. The van der Waals surface area contributed by atoms with Crippen molar-refractivity contribution in [2.45, 2.75) is 45.1 Å². The van der Waals surface area contributed by atoms with Crippen LogP contribution in [0.1, 0.15) is 67.6 Å². The predicted molar refractivity (Wildman–Crippen MR) is 178 cm³/mol. The summed E-state index contributed by atoms with van der Waals surface area (Å²) in [6, 6.07) is 40.4. The molecule has 5 heterocycles. The maximum atomic E-state index is 6.99. The van der Waals surface area contributed by atoms with E-state index in [1.165, 1.54) is 50.4 Å². The molecule has 216 valence electrons. The van der Waals surface area contributed by atoms with Gasteiger partial charge in [0.2, 0.25) is 11.2 Å². The Balaban J connectivity index is 1.48. The highest BCUT2D eigenvalue weighted by Crippen LogP contribution is 2.56. The van der Waals surface area contributed by atoms with Crippen LogP contribution in [0, 0.1) is 0 Å². The topological polar surface area (TPSA) is 21.9 Å². The van der Waals surface area contributed by atoms with Crippen LogP contribution in [-0.4, -0.2) is 4.57 Å². The van der Waals surface area contributed by atoms with E-state index in [9.17, 15) is 0 Å². The van der Waals surface area contributed by atoms with Gasteiger partial charge in [-0.25, -0.2) is 0 Å².